The third kappa shape index (κ3) is 6.34. The van der Waals surface area contributed by atoms with E-state index in [4.69, 9.17) is 11.2 Å². The van der Waals surface area contributed by atoms with Crippen LogP contribution in [0.5, 0.6) is 5.75 Å². The van der Waals surface area contributed by atoms with E-state index in [9.17, 15) is 0 Å². The van der Waals surface area contributed by atoms with Crippen LogP contribution < -0.4 is 15.4 Å². The summed E-state index contributed by atoms with van der Waals surface area (Å²) >= 11 is 0. The van der Waals surface area contributed by atoms with Crippen LogP contribution in [0.1, 0.15) is 12.5 Å². The molecule has 0 atom stereocenters. The highest BCUT2D eigenvalue weighted by Gasteiger charge is 2.03. The maximum absolute atomic E-state index is 5.55. The summed E-state index contributed by atoms with van der Waals surface area (Å²) in [6.45, 7) is 3.71. The standard InChI is InChI=1S/C14H19N3O.HI/c1-4-10-16-14(15-3)17-11-12-8-6-7-9-13(12)18-5-2;/h1,6-9H,5,10-11H2,2-3H3,(H2,15,16,17);1H. The molecular formula is C14H20IN3O. The number of hydrogen-bond acceptors (Lipinski definition) is 2. The van der Waals surface area contributed by atoms with E-state index < -0.39 is 0 Å². The first-order chi connectivity index (χ1) is 8.81. The lowest BCUT2D eigenvalue weighted by Crippen LogP contribution is -2.37. The molecule has 0 spiro atoms. The second-order valence-corrected chi connectivity index (χ2v) is 3.52. The minimum absolute atomic E-state index is 0. The number of nitrogens with one attached hydrogen (secondary N) is 2. The zero-order valence-corrected chi connectivity index (χ0v) is 13.6. The van der Waals surface area contributed by atoms with E-state index >= 15 is 0 Å². The van der Waals surface area contributed by atoms with Gasteiger partial charge >= 0.3 is 0 Å². The summed E-state index contributed by atoms with van der Waals surface area (Å²) in [5.41, 5.74) is 1.09. The van der Waals surface area contributed by atoms with Gasteiger partial charge in [-0.05, 0) is 13.0 Å². The number of benzene rings is 1. The molecule has 0 radical (unpaired) electrons. The first kappa shape index (κ1) is 17.6. The maximum Gasteiger partial charge on any atom is 0.192 e. The van der Waals surface area contributed by atoms with E-state index in [1.165, 1.54) is 0 Å². The molecule has 104 valence electrons. The van der Waals surface area contributed by atoms with Gasteiger partial charge in [0.25, 0.3) is 0 Å². The van der Waals surface area contributed by atoms with Crippen molar-refractivity contribution in [1.29, 1.82) is 0 Å². The van der Waals surface area contributed by atoms with Crippen LogP contribution in [-0.2, 0) is 6.54 Å². The molecule has 0 aliphatic heterocycles. The molecule has 0 aliphatic rings. The van der Waals surface area contributed by atoms with Gasteiger partial charge in [-0.15, -0.1) is 30.4 Å². The Morgan fingerprint density at radius 3 is 2.74 bits per heavy atom. The van der Waals surface area contributed by atoms with Crippen LogP contribution in [0.3, 0.4) is 0 Å². The summed E-state index contributed by atoms with van der Waals surface area (Å²) in [5.74, 6) is 4.07. The summed E-state index contributed by atoms with van der Waals surface area (Å²) in [5, 5.41) is 6.19. The average molecular weight is 373 g/mol. The number of aliphatic imine (C=N–C) groups is 1. The monoisotopic (exact) mass is 373 g/mol. The lowest BCUT2D eigenvalue weighted by Gasteiger charge is -2.13. The molecule has 5 heteroatoms. The SMILES string of the molecule is C#CCNC(=NC)NCc1ccccc1OCC.I. The zero-order chi connectivity index (χ0) is 13.2. The Balaban J connectivity index is 0.00000324. The second-order valence-electron chi connectivity index (χ2n) is 3.52. The zero-order valence-electron chi connectivity index (χ0n) is 11.3. The predicted molar refractivity (Wildman–Crippen MR) is 90.1 cm³/mol. The van der Waals surface area contributed by atoms with Gasteiger partial charge in [0.15, 0.2) is 5.96 Å². The van der Waals surface area contributed by atoms with Gasteiger partial charge in [-0.1, -0.05) is 24.1 Å². The highest BCUT2D eigenvalue weighted by atomic mass is 127. The van der Waals surface area contributed by atoms with E-state index in [1.54, 1.807) is 7.05 Å². The number of ether oxygens (including phenoxy) is 1. The molecule has 0 unspecified atom stereocenters. The lowest BCUT2D eigenvalue weighted by molar-refractivity contribution is 0.336. The van der Waals surface area contributed by atoms with Crippen molar-refractivity contribution in [2.24, 2.45) is 4.99 Å². The van der Waals surface area contributed by atoms with Crippen LogP contribution >= 0.6 is 24.0 Å². The van der Waals surface area contributed by atoms with Crippen molar-refractivity contribution in [3.05, 3.63) is 29.8 Å². The first-order valence-electron chi connectivity index (χ1n) is 5.90. The van der Waals surface area contributed by atoms with Crippen molar-refractivity contribution in [2.45, 2.75) is 13.5 Å². The van der Waals surface area contributed by atoms with Crippen molar-refractivity contribution in [3.8, 4) is 18.1 Å². The number of hydrogen-bond donors (Lipinski definition) is 2. The van der Waals surface area contributed by atoms with Crippen molar-refractivity contribution in [2.75, 3.05) is 20.2 Å². The van der Waals surface area contributed by atoms with Gasteiger partial charge in [-0.25, -0.2) is 0 Å². The van der Waals surface area contributed by atoms with Crippen molar-refractivity contribution in [1.82, 2.24) is 10.6 Å². The Hall–Kier alpha value is -1.42. The summed E-state index contributed by atoms with van der Waals surface area (Å²) < 4.78 is 5.55. The summed E-state index contributed by atoms with van der Waals surface area (Å²) in [6, 6.07) is 7.92. The van der Waals surface area contributed by atoms with Crippen LogP contribution in [-0.4, -0.2) is 26.2 Å². The minimum Gasteiger partial charge on any atom is -0.494 e. The minimum atomic E-state index is 0. The normalized spacial score (nSPS) is 10.1. The number of para-hydroxylation sites is 1. The largest absolute Gasteiger partial charge is 0.494 e. The van der Waals surface area contributed by atoms with E-state index in [1.807, 2.05) is 31.2 Å². The smallest absolute Gasteiger partial charge is 0.192 e. The fourth-order valence-electron chi connectivity index (χ4n) is 1.48. The molecule has 0 aliphatic carbocycles. The fraction of sp³-hybridized carbons (Fsp3) is 0.357. The third-order valence-corrected chi connectivity index (χ3v) is 2.30. The summed E-state index contributed by atoms with van der Waals surface area (Å²) in [4.78, 5) is 4.07. The molecule has 1 aromatic rings. The first-order valence-corrected chi connectivity index (χ1v) is 5.90. The lowest BCUT2D eigenvalue weighted by atomic mass is 10.2. The Morgan fingerprint density at radius 2 is 2.11 bits per heavy atom. The molecule has 1 aromatic carbocycles. The van der Waals surface area contributed by atoms with Crippen molar-refractivity contribution in [3.63, 3.8) is 0 Å². The van der Waals surface area contributed by atoms with Gasteiger partial charge in [-0.2, -0.15) is 0 Å². The van der Waals surface area contributed by atoms with Crippen LogP contribution in [0.25, 0.3) is 0 Å². The Bertz CT molecular complexity index is 441. The second kappa shape index (κ2) is 10.5. The predicted octanol–water partition coefficient (Wildman–Crippen LogP) is 2.00. The van der Waals surface area contributed by atoms with E-state index in [2.05, 4.69) is 21.5 Å². The van der Waals surface area contributed by atoms with Gasteiger partial charge < -0.3 is 15.4 Å². The molecule has 19 heavy (non-hydrogen) atoms. The average Bonchev–Trinajstić information content (AvgIpc) is 2.41. The van der Waals surface area contributed by atoms with E-state index in [-0.39, 0.29) is 24.0 Å². The molecular weight excluding hydrogens is 353 g/mol. The van der Waals surface area contributed by atoms with Gasteiger partial charge in [0.1, 0.15) is 5.75 Å². The number of guanidine groups is 1. The molecule has 0 amide bonds. The van der Waals surface area contributed by atoms with Gasteiger partial charge in [0, 0.05) is 19.2 Å². The molecule has 4 nitrogen and oxygen atoms in total. The number of nitrogens with zero attached hydrogens (tertiary/aromatic N) is 1. The van der Waals surface area contributed by atoms with Crippen molar-refractivity contribution >= 4 is 29.9 Å². The van der Waals surface area contributed by atoms with Gasteiger partial charge in [0.2, 0.25) is 0 Å². The van der Waals surface area contributed by atoms with Crippen LogP contribution in [0.2, 0.25) is 0 Å². The maximum atomic E-state index is 5.55. The summed E-state index contributed by atoms with van der Waals surface area (Å²) in [6.07, 6.45) is 5.19. The molecule has 0 fully saturated rings. The van der Waals surface area contributed by atoms with E-state index in [0.717, 1.165) is 11.3 Å². The van der Waals surface area contributed by atoms with Crippen LogP contribution in [0, 0.1) is 12.3 Å². The molecule has 0 saturated carbocycles. The molecule has 0 saturated heterocycles. The molecule has 2 N–H and O–H groups in total. The molecule has 0 heterocycles. The molecule has 1 rings (SSSR count). The highest BCUT2D eigenvalue weighted by molar-refractivity contribution is 14.0. The van der Waals surface area contributed by atoms with Crippen LogP contribution in [0.4, 0.5) is 0 Å². The number of rotatable bonds is 5. The quantitative estimate of drug-likeness (QED) is 0.359. The Labute approximate surface area is 132 Å². The van der Waals surface area contributed by atoms with Gasteiger partial charge in [-0.3, -0.25) is 4.99 Å². The Morgan fingerprint density at radius 1 is 1.37 bits per heavy atom. The molecule has 0 aromatic heterocycles. The van der Waals surface area contributed by atoms with Crippen molar-refractivity contribution < 1.29 is 4.74 Å². The van der Waals surface area contributed by atoms with Gasteiger partial charge in [0.05, 0.1) is 13.2 Å². The fourth-order valence-corrected chi connectivity index (χ4v) is 1.48. The summed E-state index contributed by atoms with van der Waals surface area (Å²) in [7, 11) is 1.71. The molecule has 0 bridgehead atoms. The van der Waals surface area contributed by atoms with Crippen LogP contribution in [0.15, 0.2) is 29.3 Å². The topological polar surface area (TPSA) is 45.7 Å². The number of halogens is 1. The highest BCUT2D eigenvalue weighted by Crippen LogP contribution is 2.17. The third-order valence-electron chi connectivity index (χ3n) is 2.30. The number of terminal acetylenes is 1. The Kier molecular flexibility index (Phi) is 9.71. The van der Waals surface area contributed by atoms with E-state index in [0.29, 0.717) is 25.7 Å².